The first-order valence-corrected chi connectivity index (χ1v) is 5.11. The maximum Gasteiger partial charge on any atom is 0.0645 e. The molecule has 0 radical (unpaired) electrons. The molecule has 1 heterocycles. The largest absolute Gasteiger partial charge is 0.328 e. The molecule has 1 atom stereocenters. The second kappa shape index (κ2) is 4.28. The summed E-state index contributed by atoms with van der Waals surface area (Å²) in [5.74, 6) is 0. The molecular weight excluding hydrogens is 186 g/mol. The van der Waals surface area contributed by atoms with Crippen molar-refractivity contribution in [3.63, 3.8) is 0 Å². The van der Waals surface area contributed by atoms with Crippen molar-refractivity contribution >= 4 is 0 Å². The van der Waals surface area contributed by atoms with Gasteiger partial charge in [-0.2, -0.15) is 5.10 Å². The molecule has 0 saturated heterocycles. The summed E-state index contributed by atoms with van der Waals surface area (Å²) in [7, 11) is 0. The Morgan fingerprint density at radius 3 is 2.67 bits per heavy atom. The number of nitrogens with two attached hydrogens (primary N) is 1. The summed E-state index contributed by atoms with van der Waals surface area (Å²) in [4.78, 5) is 0. The molecule has 0 fully saturated rings. The van der Waals surface area contributed by atoms with Gasteiger partial charge in [-0.3, -0.25) is 0 Å². The van der Waals surface area contributed by atoms with Gasteiger partial charge in [0.1, 0.15) is 0 Å². The maximum atomic E-state index is 5.72. The molecule has 0 aliphatic carbocycles. The van der Waals surface area contributed by atoms with Crippen LogP contribution >= 0.6 is 0 Å². The molecular formula is C12H15N3. The van der Waals surface area contributed by atoms with E-state index >= 15 is 0 Å². The standard InChI is InChI=1S/C12H15N3/c1-10(13)9-11-7-8-15(14-11)12-5-3-2-4-6-12/h2-8,10H,9,13H2,1H3. The first kappa shape index (κ1) is 9.93. The highest BCUT2D eigenvalue weighted by Gasteiger charge is 2.02. The third kappa shape index (κ3) is 2.44. The van der Waals surface area contributed by atoms with Crippen LogP contribution < -0.4 is 5.73 Å². The molecule has 3 nitrogen and oxygen atoms in total. The van der Waals surface area contributed by atoms with Gasteiger partial charge in [-0.05, 0) is 25.1 Å². The number of nitrogens with zero attached hydrogens (tertiary/aromatic N) is 2. The molecule has 1 aromatic heterocycles. The van der Waals surface area contributed by atoms with Crippen molar-refractivity contribution in [1.29, 1.82) is 0 Å². The molecule has 0 amide bonds. The average molecular weight is 201 g/mol. The van der Waals surface area contributed by atoms with Gasteiger partial charge in [0.15, 0.2) is 0 Å². The van der Waals surface area contributed by atoms with E-state index in [4.69, 9.17) is 5.73 Å². The first-order chi connectivity index (χ1) is 7.25. The van der Waals surface area contributed by atoms with Gasteiger partial charge in [-0.15, -0.1) is 0 Å². The van der Waals surface area contributed by atoms with Crippen molar-refractivity contribution in [3.8, 4) is 5.69 Å². The zero-order valence-corrected chi connectivity index (χ0v) is 8.80. The van der Waals surface area contributed by atoms with Crippen molar-refractivity contribution in [2.45, 2.75) is 19.4 Å². The lowest BCUT2D eigenvalue weighted by Crippen LogP contribution is -2.18. The Bertz CT molecular complexity index is 417. The number of aromatic nitrogens is 2. The number of benzene rings is 1. The van der Waals surface area contributed by atoms with E-state index in [1.807, 2.05) is 54.2 Å². The van der Waals surface area contributed by atoms with E-state index in [0.29, 0.717) is 0 Å². The fourth-order valence-electron chi connectivity index (χ4n) is 1.52. The normalized spacial score (nSPS) is 12.7. The molecule has 1 unspecified atom stereocenters. The van der Waals surface area contributed by atoms with Gasteiger partial charge in [0.2, 0.25) is 0 Å². The molecule has 2 rings (SSSR count). The predicted octanol–water partition coefficient (Wildman–Crippen LogP) is 1.76. The number of para-hydroxylation sites is 1. The van der Waals surface area contributed by atoms with Crippen LogP contribution in [0.15, 0.2) is 42.6 Å². The Morgan fingerprint density at radius 2 is 2.00 bits per heavy atom. The zero-order valence-electron chi connectivity index (χ0n) is 8.80. The number of hydrogen-bond acceptors (Lipinski definition) is 2. The molecule has 0 aliphatic rings. The van der Waals surface area contributed by atoms with E-state index in [1.54, 1.807) is 0 Å². The van der Waals surface area contributed by atoms with Gasteiger partial charge in [0, 0.05) is 18.7 Å². The number of hydrogen-bond donors (Lipinski definition) is 1. The minimum Gasteiger partial charge on any atom is -0.328 e. The molecule has 2 aromatic rings. The fourth-order valence-corrected chi connectivity index (χ4v) is 1.52. The Labute approximate surface area is 89.5 Å². The minimum absolute atomic E-state index is 0.157. The maximum absolute atomic E-state index is 5.72. The summed E-state index contributed by atoms with van der Waals surface area (Å²) in [5.41, 5.74) is 7.84. The first-order valence-electron chi connectivity index (χ1n) is 5.11. The van der Waals surface area contributed by atoms with E-state index < -0.39 is 0 Å². The Hall–Kier alpha value is -1.61. The predicted molar refractivity (Wildman–Crippen MR) is 60.9 cm³/mol. The van der Waals surface area contributed by atoms with E-state index in [2.05, 4.69) is 5.10 Å². The van der Waals surface area contributed by atoms with Crippen molar-refractivity contribution in [2.75, 3.05) is 0 Å². The summed E-state index contributed by atoms with van der Waals surface area (Å²) in [6.07, 6.45) is 2.78. The van der Waals surface area contributed by atoms with Gasteiger partial charge in [0.05, 0.1) is 11.4 Å². The van der Waals surface area contributed by atoms with Gasteiger partial charge in [-0.1, -0.05) is 18.2 Å². The highest BCUT2D eigenvalue weighted by molar-refractivity contribution is 5.30. The van der Waals surface area contributed by atoms with Crippen LogP contribution in [0.3, 0.4) is 0 Å². The van der Waals surface area contributed by atoms with E-state index in [9.17, 15) is 0 Å². The number of rotatable bonds is 3. The van der Waals surface area contributed by atoms with Crippen molar-refractivity contribution in [3.05, 3.63) is 48.3 Å². The highest BCUT2D eigenvalue weighted by Crippen LogP contribution is 2.07. The van der Waals surface area contributed by atoms with Crippen LogP contribution in [0.25, 0.3) is 5.69 Å². The van der Waals surface area contributed by atoms with Crippen LogP contribution in [0.4, 0.5) is 0 Å². The summed E-state index contributed by atoms with van der Waals surface area (Å²) in [6, 6.07) is 12.2. The fraction of sp³-hybridized carbons (Fsp3) is 0.250. The Balaban J connectivity index is 2.21. The topological polar surface area (TPSA) is 43.8 Å². The molecule has 3 heteroatoms. The van der Waals surface area contributed by atoms with E-state index in [-0.39, 0.29) is 6.04 Å². The molecule has 0 bridgehead atoms. The third-order valence-corrected chi connectivity index (χ3v) is 2.20. The molecule has 15 heavy (non-hydrogen) atoms. The van der Waals surface area contributed by atoms with Crippen LogP contribution in [-0.2, 0) is 6.42 Å². The second-order valence-electron chi connectivity index (χ2n) is 3.77. The lowest BCUT2D eigenvalue weighted by molar-refractivity contribution is 0.707. The van der Waals surface area contributed by atoms with Crippen LogP contribution in [-0.4, -0.2) is 15.8 Å². The lowest BCUT2D eigenvalue weighted by atomic mass is 10.2. The highest BCUT2D eigenvalue weighted by atomic mass is 15.3. The summed E-state index contributed by atoms with van der Waals surface area (Å²) >= 11 is 0. The van der Waals surface area contributed by atoms with Crippen molar-refractivity contribution < 1.29 is 0 Å². The summed E-state index contributed by atoms with van der Waals surface area (Å²) in [5, 5.41) is 4.46. The summed E-state index contributed by atoms with van der Waals surface area (Å²) in [6.45, 7) is 1.99. The quantitative estimate of drug-likeness (QED) is 0.822. The molecule has 1 aromatic carbocycles. The smallest absolute Gasteiger partial charge is 0.0645 e. The van der Waals surface area contributed by atoms with Gasteiger partial charge < -0.3 is 5.73 Å². The van der Waals surface area contributed by atoms with Crippen LogP contribution in [0.5, 0.6) is 0 Å². The van der Waals surface area contributed by atoms with Gasteiger partial charge in [0.25, 0.3) is 0 Å². The monoisotopic (exact) mass is 201 g/mol. The molecule has 0 spiro atoms. The van der Waals surface area contributed by atoms with Crippen LogP contribution in [0.2, 0.25) is 0 Å². The van der Waals surface area contributed by atoms with Crippen LogP contribution in [0.1, 0.15) is 12.6 Å². The molecule has 0 aliphatic heterocycles. The molecule has 2 N–H and O–H groups in total. The summed E-state index contributed by atoms with van der Waals surface area (Å²) < 4.78 is 1.87. The van der Waals surface area contributed by atoms with Crippen LogP contribution in [0, 0.1) is 0 Å². The van der Waals surface area contributed by atoms with Gasteiger partial charge in [-0.25, -0.2) is 4.68 Å². The van der Waals surface area contributed by atoms with E-state index in [0.717, 1.165) is 17.8 Å². The van der Waals surface area contributed by atoms with E-state index in [1.165, 1.54) is 0 Å². The third-order valence-electron chi connectivity index (χ3n) is 2.20. The van der Waals surface area contributed by atoms with Crippen molar-refractivity contribution in [1.82, 2.24) is 9.78 Å². The SMILES string of the molecule is CC(N)Cc1ccn(-c2ccccc2)n1. The molecule has 78 valence electrons. The lowest BCUT2D eigenvalue weighted by Gasteiger charge is -2.01. The second-order valence-corrected chi connectivity index (χ2v) is 3.77. The van der Waals surface area contributed by atoms with Gasteiger partial charge >= 0.3 is 0 Å². The minimum atomic E-state index is 0.157. The average Bonchev–Trinajstić information content (AvgIpc) is 2.67. The molecule has 0 saturated carbocycles. The van der Waals surface area contributed by atoms with Crippen molar-refractivity contribution in [2.24, 2.45) is 5.73 Å². The Morgan fingerprint density at radius 1 is 1.27 bits per heavy atom. The Kier molecular flexibility index (Phi) is 2.83. The zero-order chi connectivity index (χ0) is 10.7.